The number of methoxy groups -OCH3 is 1. The van der Waals surface area contributed by atoms with Gasteiger partial charge in [-0.05, 0) is 54.1 Å². The Labute approximate surface area is 185 Å². The Hall–Kier alpha value is -3.71. The lowest BCUT2D eigenvalue weighted by Crippen LogP contribution is -2.29. The number of fused-ring (bicyclic) bond motifs is 2. The first kappa shape index (κ1) is 20.2. The van der Waals surface area contributed by atoms with E-state index in [-0.39, 0.29) is 27.3 Å². The number of hydrogen-bond acceptors (Lipinski definition) is 4. The normalized spacial score (nSPS) is 15.3. The largest absolute Gasteiger partial charge is 0.495 e. The van der Waals surface area contributed by atoms with Gasteiger partial charge in [-0.25, -0.2) is 8.78 Å². The number of ether oxygens (including phenoxy) is 1. The smallest absolute Gasteiger partial charge is 0.295 e. The molecule has 2 heterocycles. The molecular weight excluding hydrogens is 440 g/mol. The van der Waals surface area contributed by atoms with E-state index in [1.165, 1.54) is 48.4 Å². The molecule has 1 amide bonds. The van der Waals surface area contributed by atoms with Gasteiger partial charge >= 0.3 is 0 Å². The fourth-order valence-electron chi connectivity index (χ4n) is 3.98. The number of benzene rings is 3. The highest BCUT2D eigenvalue weighted by atomic mass is 35.5. The Morgan fingerprint density at radius 1 is 0.969 bits per heavy atom. The Morgan fingerprint density at radius 3 is 2.38 bits per heavy atom. The van der Waals surface area contributed by atoms with Crippen LogP contribution in [0.15, 0.2) is 69.9 Å². The van der Waals surface area contributed by atoms with E-state index in [2.05, 4.69) is 0 Å². The van der Waals surface area contributed by atoms with Crippen molar-refractivity contribution in [3.8, 4) is 5.75 Å². The number of carbonyl (C=O) groups excluding carboxylic acids is 1. The van der Waals surface area contributed by atoms with Crippen molar-refractivity contribution in [2.24, 2.45) is 0 Å². The van der Waals surface area contributed by atoms with Crippen molar-refractivity contribution in [2.45, 2.75) is 6.04 Å². The molecule has 8 heteroatoms. The molecule has 160 valence electrons. The van der Waals surface area contributed by atoms with Crippen LogP contribution in [-0.2, 0) is 0 Å². The second kappa shape index (κ2) is 7.46. The van der Waals surface area contributed by atoms with Gasteiger partial charge < -0.3 is 9.15 Å². The monoisotopic (exact) mass is 453 g/mol. The van der Waals surface area contributed by atoms with Crippen molar-refractivity contribution < 1.29 is 22.7 Å². The van der Waals surface area contributed by atoms with Crippen LogP contribution < -0.4 is 15.1 Å². The van der Waals surface area contributed by atoms with E-state index in [1.807, 2.05) is 0 Å². The fourth-order valence-corrected chi connectivity index (χ4v) is 4.23. The maximum absolute atomic E-state index is 13.8. The summed E-state index contributed by atoms with van der Waals surface area (Å²) in [5.41, 5.74) is 0.470. The molecular formula is C24H14ClF2NO4. The molecule has 1 atom stereocenters. The molecule has 1 aliphatic rings. The molecule has 1 aromatic heterocycles. The Balaban J connectivity index is 1.80. The minimum atomic E-state index is -0.925. The number of halogens is 3. The highest BCUT2D eigenvalue weighted by Gasteiger charge is 2.43. The van der Waals surface area contributed by atoms with Gasteiger partial charge in [0.2, 0.25) is 5.76 Å². The van der Waals surface area contributed by atoms with Gasteiger partial charge in [0.25, 0.3) is 5.91 Å². The van der Waals surface area contributed by atoms with Gasteiger partial charge in [0.1, 0.15) is 23.0 Å². The molecule has 0 N–H and O–H groups in total. The molecule has 0 fully saturated rings. The number of amides is 1. The third-order valence-electron chi connectivity index (χ3n) is 5.43. The van der Waals surface area contributed by atoms with Crippen LogP contribution in [0.5, 0.6) is 5.75 Å². The lowest BCUT2D eigenvalue weighted by molar-refractivity contribution is 0.0971. The first-order chi connectivity index (χ1) is 15.4. The van der Waals surface area contributed by atoms with Crippen LogP contribution in [0.25, 0.3) is 11.0 Å². The lowest BCUT2D eigenvalue weighted by Gasteiger charge is -2.25. The summed E-state index contributed by atoms with van der Waals surface area (Å²) in [5.74, 6) is -1.39. The third-order valence-corrected chi connectivity index (χ3v) is 5.73. The summed E-state index contributed by atoms with van der Waals surface area (Å²) in [6.07, 6.45) is 0. The number of hydrogen-bond donors (Lipinski definition) is 0. The van der Waals surface area contributed by atoms with Crippen molar-refractivity contribution >= 4 is 34.2 Å². The zero-order chi connectivity index (χ0) is 22.6. The SMILES string of the molecule is COc1ccc(N2C(=O)c3oc4ccc(F)cc4c(=O)c3C2c2ccc(F)cc2)cc1Cl. The first-order valence-corrected chi connectivity index (χ1v) is 9.95. The molecule has 1 unspecified atom stereocenters. The summed E-state index contributed by atoms with van der Waals surface area (Å²) in [5, 5.41) is 0.274. The molecule has 32 heavy (non-hydrogen) atoms. The van der Waals surface area contributed by atoms with Crippen LogP contribution in [0.4, 0.5) is 14.5 Å². The van der Waals surface area contributed by atoms with Crippen LogP contribution in [-0.4, -0.2) is 13.0 Å². The summed E-state index contributed by atoms with van der Waals surface area (Å²) in [4.78, 5) is 28.2. The molecule has 0 bridgehead atoms. The molecule has 0 spiro atoms. The zero-order valence-electron chi connectivity index (χ0n) is 16.6. The molecule has 0 saturated carbocycles. The van der Waals surface area contributed by atoms with E-state index in [4.69, 9.17) is 20.8 Å². The lowest BCUT2D eigenvalue weighted by atomic mass is 9.98. The first-order valence-electron chi connectivity index (χ1n) is 9.58. The van der Waals surface area contributed by atoms with Gasteiger partial charge in [-0.15, -0.1) is 0 Å². The zero-order valence-corrected chi connectivity index (χ0v) is 17.3. The highest BCUT2D eigenvalue weighted by molar-refractivity contribution is 6.32. The minimum absolute atomic E-state index is 0.0123. The maximum atomic E-state index is 13.8. The van der Waals surface area contributed by atoms with E-state index < -0.39 is 29.0 Å². The highest BCUT2D eigenvalue weighted by Crippen LogP contribution is 2.42. The van der Waals surface area contributed by atoms with Crippen molar-refractivity contribution in [1.29, 1.82) is 0 Å². The molecule has 0 aliphatic carbocycles. The van der Waals surface area contributed by atoms with Crippen LogP contribution in [0.3, 0.4) is 0 Å². The molecule has 0 saturated heterocycles. The topological polar surface area (TPSA) is 59.8 Å². The summed E-state index contributed by atoms with van der Waals surface area (Å²) >= 11 is 6.28. The second-order valence-corrected chi connectivity index (χ2v) is 7.67. The van der Waals surface area contributed by atoms with Crippen molar-refractivity contribution in [3.63, 3.8) is 0 Å². The van der Waals surface area contributed by atoms with Gasteiger partial charge in [0, 0.05) is 5.69 Å². The fraction of sp³-hybridized carbons (Fsp3) is 0.0833. The Morgan fingerprint density at radius 2 is 1.69 bits per heavy atom. The van der Waals surface area contributed by atoms with Gasteiger partial charge in [-0.2, -0.15) is 0 Å². The van der Waals surface area contributed by atoms with E-state index >= 15 is 0 Å². The molecule has 0 radical (unpaired) electrons. The average Bonchev–Trinajstić information content (AvgIpc) is 3.07. The van der Waals surface area contributed by atoms with Crippen LogP contribution in [0, 0.1) is 11.6 Å². The number of rotatable bonds is 3. The summed E-state index contributed by atoms with van der Waals surface area (Å²) in [6.45, 7) is 0. The maximum Gasteiger partial charge on any atom is 0.295 e. The molecule has 5 rings (SSSR count). The van der Waals surface area contributed by atoms with Gasteiger partial charge in [-0.1, -0.05) is 23.7 Å². The quantitative estimate of drug-likeness (QED) is 0.412. The van der Waals surface area contributed by atoms with E-state index in [1.54, 1.807) is 12.1 Å². The summed E-state index contributed by atoms with van der Waals surface area (Å²) in [6, 6.07) is 12.8. The predicted molar refractivity (Wildman–Crippen MR) is 115 cm³/mol. The molecule has 1 aliphatic heterocycles. The Kier molecular flexibility index (Phi) is 4.71. The van der Waals surface area contributed by atoms with Gasteiger partial charge in [0.05, 0.1) is 29.1 Å². The number of anilines is 1. The second-order valence-electron chi connectivity index (χ2n) is 7.26. The van der Waals surface area contributed by atoms with Crippen molar-refractivity contribution in [2.75, 3.05) is 12.0 Å². The van der Waals surface area contributed by atoms with E-state index in [0.29, 0.717) is 17.0 Å². The van der Waals surface area contributed by atoms with Gasteiger partial charge in [-0.3, -0.25) is 14.5 Å². The average molecular weight is 454 g/mol. The van der Waals surface area contributed by atoms with Crippen molar-refractivity contribution in [1.82, 2.24) is 0 Å². The van der Waals surface area contributed by atoms with Gasteiger partial charge in [0.15, 0.2) is 5.43 Å². The Bertz CT molecular complexity index is 1450. The standard InChI is InChI=1S/C24H14ClF2NO4/c1-31-19-9-7-15(11-17(19)25)28-21(12-2-4-13(26)5-3-12)20-22(29)16-10-14(27)6-8-18(16)32-23(20)24(28)30/h2-11,21H,1H3. The minimum Gasteiger partial charge on any atom is -0.495 e. The van der Waals surface area contributed by atoms with Crippen molar-refractivity contribution in [3.05, 3.63) is 104 Å². The molecule has 4 aromatic rings. The van der Waals surface area contributed by atoms with Crippen LogP contribution in [0.1, 0.15) is 27.7 Å². The summed E-state index contributed by atoms with van der Waals surface area (Å²) < 4.78 is 38.4. The number of nitrogens with zero attached hydrogens (tertiary/aromatic N) is 1. The molecule has 3 aromatic carbocycles. The van der Waals surface area contributed by atoms with Crippen LogP contribution >= 0.6 is 11.6 Å². The third kappa shape index (κ3) is 3.05. The van der Waals surface area contributed by atoms with E-state index in [0.717, 1.165) is 12.1 Å². The molecule has 5 nitrogen and oxygen atoms in total. The summed E-state index contributed by atoms with van der Waals surface area (Å²) in [7, 11) is 1.46. The van der Waals surface area contributed by atoms with Crippen LogP contribution in [0.2, 0.25) is 5.02 Å². The predicted octanol–water partition coefficient (Wildman–Crippen LogP) is 5.48. The van der Waals surface area contributed by atoms with E-state index in [9.17, 15) is 18.4 Å². The number of carbonyl (C=O) groups is 1.